The third kappa shape index (κ3) is 3.09. The first kappa shape index (κ1) is 20.3. The van der Waals surface area contributed by atoms with Gasteiger partial charge in [-0.25, -0.2) is 0 Å². The molecule has 6 nitrogen and oxygen atoms in total. The molecule has 0 saturated carbocycles. The van der Waals surface area contributed by atoms with Gasteiger partial charge in [0, 0.05) is 29.1 Å². The highest BCUT2D eigenvalue weighted by atomic mass is 14.7. The number of hydrogen-bond donors (Lipinski definition) is 0. The van der Waals surface area contributed by atoms with Crippen LogP contribution in [-0.4, -0.2) is 9.97 Å². The van der Waals surface area contributed by atoms with E-state index in [9.17, 15) is 21.0 Å². The van der Waals surface area contributed by atoms with Crippen LogP contribution in [0.5, 0.6) is 0 Å². The fourth-order valence-corrected chi connectivity index (χ4v) is 4.26. The van der Waals surface area contributed by atoms with Crippen molar-refractivity contribution in [3.63, 3.8) is 0 Å². The van der Waals surface area contributed by atoms with Crippen molar-refractivity contribution < 1.29 is 0 Å². The fraction of sp³-hybridized carbons (Fsp3) is 0. The van der Waals surface area contributed by atoms with Crippen LogP contribution in [0.1, 0.15) is 22.3 Å². The largest absolute Gasteiger partial charge is 0.256 e. The Balaban J connectivity index is 1.89. The third-order valence-corrected chi connectivity index (χ3v) is 5.74. The molecule has 0 atom stereocenters. The van der Waals surface area contributed by atoms with E-state index in [1.54, 1.807) is 36.7 Å². The first-order chi connectivity index (χ1) is 16.7. The van der Waals surface area contributed by atoms with Crippen molar-refractivity contribution in [2.45, 2.75) is 0 Å². The van der Waals surface area contributed by atoms with Gasteiger partial charge in [0.15, 0.2) is 0 Å². The van der Waals surface area contributed by atoms with Gasteiger partial charge in [-0.3, -0.25) is 9.97 Å². The molecule has 2 aromatic carbocycles. The summed E-state index contributed by atoms with van der Waals surface area (Å²) in [5.74, 6) is 0. The summed E-state index contributed by atoms with van der Waals surface area (Å²) >= 11 is 0. The normalized spacial score (nSPS) is 10.8. The molecular weight excluding hydrogens is 420 g/mol. The molecular formula is C28H12N6. The number of allylic oxidation sites excluding steroid dienone is 1. The van der Waals surface area contributed by atoms with Crippen LogP contribution in [0, 0.1) is 45.3 Å². The molecule has 2 aromatic heterocycles. The Morgan fingerprint density at radius 2 is 1.03 bits per heavy atom. The van der Waals surface area contributed by atoms with Crippen LogP contribution in [0.4, 0.5) is 0 Å². The van der Waals surface area contributed by atoms with Crippen molar-refractivity contribution in [3.8, 4) is 57.9 Å². The Hall–Kier alpha value is -5.56. The molecule has 0 N–H and O–H groups in total. The first-order valence-electron chi connectivity index (χ1n) is 10.2. The zero-order chi connectivity index (χ0) is 23.7. The van der Waals surface area contributed by atoms with Gasteiger partial charge < -0.3 is 0 Å². The molecule has 0 unspecified atom stereocenters. The van der Waals surface area contributed by atoms with Gasteiger partial charge in [0.05, 0.1) is 34.7 Å². The summed E-state index contributed by atoms with van der Waals surface area (Å²) in [7, 11) is 0. The van der Waals surface area contributed by atoms with Crippen LogP contribution in [-0.2, 0) is 0 Å². The lowest BCUT2D eigenvalue weighted by Gasteiger charge is -2.09. The number of aromatic nitrogens is 2. The molecule has 0 spiro atoms. The highest BCUT2D eigenvalue weighted by Crippen LogP contribution is 2.49. The number of pyridine rings is 2. The topological polar surface area (TPSA) is 121 Å². The first-order valence-corrected chi connectivity index (χ1v) is 10.2. The number of hydrogen-bond acceptors (Lipinski definition) is 6. The minimum Gasteiger partial charge on any atom is -0.256 e. The predicted molar refractivity (Wildman–Crippen MR) is 125 cm³/mol. The quantitative estimate of drug-likeness (QED) is 0.345. The summed E-state index contributed by atoms with van der Waals surface area (Å²) in [4.78, 5) is 8.79. The summed E-state index contributed by atoms with van der Waals surface area (Å²) in [6, 6.07) is 26.4. The average Bonchev–Trinajstić information content (AvgIpc) is 3.21. The van der Waals surface area contributed by atoms with Gasteiger partial charge in [-0.2, -0.15) is 21.0 Å². The number of benzene rings is 2. The molecule has 1 aliphatic rings. The highest BCUT2D eigenvalue weighted by molar-refractivity contribution is 6.06. The van der Waals surface area contributed by atoms with E-state index < -0.39 is 0 Å². The standard InChI is InChI=1S/C28H12N6/c29-13-17-9-24-22(11-20(17)26-5-1-3-7-33-26)23-12-21(27-6-2-4-8-34-27)18(14-30)10-25(23)28(24)19(15-31)16-32/h1-12H. The average molecular weight is 432 g/mol. The van der Waals surface area contributed by atoms with Gasteiger partial charge in [-0.15, -0.1) is 0 Å². The summed E-state index contributed by atoms with van der Waals surface area (Å²) in [5.41, 5.74) is 6.39. The van der Waals surface area contributed by atoms with Gasteiger partial charge in [-0.1, -0.05) is 12.1 Å². The Labute approximate surface area is 195 Å². The summed E-state index contributed by atoms with van der Waals surface area (Å²) in [6.45, 7) is 0. The van der Waals surface area contributed by atoms with Gasteiger partial charge >= 0.3 is 0 Å². The summed E-state index contributed by atoms with van der Waals surface area (Å²) in [6.07, 6.45) is 3.32. The number of fused-ring (bicyclic) bond motifs is 3. The molecule has 6 heteroatoms. The van der Waals surface area contributed by atoms with Crippen molar-refractivity contribution in [3.05, 3.63) is 101 Å². The summed E-state index contributed by atoms with van der Waals surface area (Å²) < 4.78 is 0. The van der Waals surface area contributed by atoms with E-state index >= 15 is 0 Å². The second kappa shape index (κ2) is 8.18. The van der Waals surface area contributed by atoms with E-state index in [-0.39, 0.29) is 5.57 Å². The molecule has 34 heavy (non-hydrogen) atoms. The molecule has 0 amide bonds. The molecule has 0 aliphatic heterocycles. The molecule has 0 fully saturated rings. The SMILES string of the molecule is N#CC(C#N)=C1c2cc(C#N)c(-c3ccccn3)cc2-c2cc(-c3ccccn3)c(C#N)cc21. The molecule has 1 aliphatic carbocycles. The van der Waals surface area contributed by atoms with Crippen LogP contribution in [0.25, 0.3) is 39.2 Å². The van der Waals surface area contributed by atoms with E-state index in [0.717, 1.165) is 11.1 Å². The summed E-state index contributed by atoms with van der Waals surface area (Å²) in [5, 5.41) is 39.1. The molecule has 4 aromatic rings. The zero-order valence-corrected chi connectivity index (χ0v) is 17.6. The third-order valence-electron chi connectivity index (χ3n) is 5.74. The molecule has 154 valence electrons. The lowest BCUT2D eigenvalue weighted by Crippen LogP contribution is -1.93. The maximum absolute atomic E-state index is 9.87. The number of nitriles is 4. The van der Waals surface area contributed by atoms with E-state index in [4.69, 9.17) is 0 Å². The Kier molecular flexibility index (Phi) is 4.89. The lowest BCUT2D eigenvalue weighted by atomic mass is 9.94. The van der Waals surface area contributed by atoms with E-state index in [1.165, 1.54) is 0 Å². The molecule has 5 rings (SSSR count). The molecule has 2 heterocycles. The smallest absolute Gasteiger partial charge is 0.138 e. The molecule has 0 radical (unpaired) electrons. The van der Waals surface area contributed by atoms with Crippen LogP contribution < -0.4 is 0 Å². The maximum Gasteiger partial charge on any atom is 0.138 e. The zero-order valence-electron chi connectivity index (χ0n) is 17.6. The molecule has 0 bridgehead atoms. The van der Waals surface area contributed by atoms with Crippen LogP contribution >= 0.6 is 0 Å². The Bertz CT molecular complexity index is 1550. The van der Waals surface area contributed by atoms with Gasteiger partial charge in [0.25, 0.3) is 0 Å². The van der Waals surface area contributed by atoms with Crippen molar-refractivity contribution in [2.24, 2.45) is 0 Å². The second-order valence-corrected chi connectivity index (χ2v) is 7.51. The van der Waals surface area contributed by atoms with Gasteiger partial charge in [0.1, 0.15) is 17.7 Å². The van der Waals surface area contributed by atoms with E-state index in [1.807, 2.05) is 48.5 Å². The second-order valence-electron chi connectivity index (χ2n) is 7.51. The number of rotatable bonds is 2. The lowest BCUT2D eigenvalue weighted by molar-refractivity contribution is 1.31. The Morgan fingerprint density at radius 3 is 1.38 bits per heavy atom. The van der Waals surface area contributed by atoms with Crippen LogP contribution in [0.2, 0.25) is 0 Å². The van der Waals surface area contributed by atoms with Crippen molar-refractivity contribution in [1.82, 2.24) is 9.97 Å². The van der Waals surface area contributed by atoms with Gasteiger partial charge in [-0.05, 0) is 70.8 Å². The predicted octanol–water partition coefficient (Wildman–Crippen LogP) is 5.38. The minimum absolute atomic E-state index is 0.0797. The Morgan fingerprint density at radius 1 is 0.559 bits per heavy atom. The van der Waals surface area contributed by atoms with E-state index in [2.05, 4.69) is 22.1 Å². The fourth-order valence-electron chi connectivity index (χ4n) is 4.26. The van der Waals surface area contributed by atoms with Gasteiger partial charge in [0.2, 0.25) is 0 Å². The van der Waals surface area contributed by atoms with Crippen molar-refractivity contribution in [1.29, 1.82) is 21.0 Å². The highest BCUT2D eigenvalue weighted by Gasteiger charge is 2.30. The molecule has 0 saturated heterocycles. The van der Waals surface area contributed by atoms with Crippen molar-refractivity contribution >= 4 is 5.57 Å². The number of nitrogens with zero attached hydrogens (tertiary/aromatic N) is 6. The van der Waals surface area contributed by atoms with Crippen LogP contribution in [0.3, 0.4) is 0 Å². The monoisotopic (exact) mass is 432 g/mol. The van der Waals surface area contributed by atoms with Crippen molar-refractivity contribution in [2.75, 3.05) is 0 Å². The minimum atomic E-state index is -0.0797. The van der Waals surface area contributed by atoms with Crippen LogP contribution in [0.15, 0.2) is 78.6 Å². The van der Waals surface area contributed by atoms with E-state index in [0.29, 0.717) is 50.3 Å². The maximum atomic E-state index is 9.87.